The van der Waals surface area contributed by atoms with E-state index in [2.05, 4.69) is 6.92 Å². The quantitative estimate of drug-likeness (QED) is 0.116. The number of ether oxygens (including phenoxy) is 9. The summed E-state index contributed by atoms with van der Waals surface area (Å²) in [4.78, 5) is 0. The third-order valence-corrected chi connectivity index (χ3v) is 7.00. The van der Waals surface area contributed by atoms with E-state index in [9.17, 15) is 5.11 Å². The van der Waals surface area contributed by atoms with Crippen LogP contribution in [-0.2, 0) is 48.4 Å². The fourth-order valence-corrected chi connectivity index (χ4v) is 5.87. The van der Waals surface area contributed by atoms with E-state index in [-0.39, 0.29) is 64.2 Å². The first-order valence-corrected chi connectivity index (χ1v) is 16.3. The summed E-state index contributed by atoms with van der Waals surface area (Å²) in [5.74, 6) is -7.92. The van der Waals surface area contributed by atoms with Gasteiger partial charge in [0.25, 0.3) is 23.1 Å². The number of hydrogen-bond donors (Lipinski definition) is 1. The predicted molar refractivity (Wildman–Crippen MR) is 166 cm³/mol. The molecule has 252 valence electrons. The Balaban J connectivity index is 4.69. The van der Waals surface area contributed by atoms with Crippen LogP contribution in [0.4, 0.5) is 0 Å². The minimum absolute atomic E-state index is 0.0826. The molecule has 1 rings (SSSR count). The summed E-state index contributed by atoms with van der Waals surface area (Å²) in [5, 5.41) is 11.4. The molecule has 0 bridgehead atoms. The summed E-state index contributed by atoms with van der Waals surface area (Å²) >= 11 is 0. The Labute approximate surface area is 260 Å². The lowest BCUT2D eigenvalue weighted by Crippen LogP contribution is -2.82. The third-order valence-electron chi connectivity index (χ3n) is 7.00. The van der Waals surface area contributed by atoms with Crippen molar-refractivity contribution in [2.75, 3.05) is 59.5 Å². The predicted octanol–water partition coefficient (Wildman–Crippen LogP) is 6.52. The van der Waals surface area contributed by atoms with Crippen molar-refractivity contribution < 1.29 is 47.7 Å². The number of para-hydroxylation sites is 1. The lowest BCUT2D eigenvalue weighted by Gasteiger charge is -2.61. The largest absolute Gasteiger partial charge is 0.507 e. The van der Waals surface area contributed by atoms with Crippen LogP contribution in [0.15, 0.2) is 24.3 Å². The molecular weight excluding hydrogens is 556 g/mol. The molecule has 0 spiro atoms. The highest BCUT2D eigenvalue weighted by molar-refractivity contribution is 5.38. The molecule has 0 radical (unpaired) electrons. The molecule has 0 fully saturated rings. The van der Waals surface area contributed by atoms with Gasteiger partial charge in [-0.2, -0.15) is 0 Å². The first kappa shape index (κ1) is 39.7. The maximum absolute atomic E-state index is 11.4. The van der Waals surface area contributed by atoms with E-state index < -0.39 is 29.3 Å². The van der Waals surface area contributed by atoms with E-state index in [1.165, 1.54) is 0 Å². The van der Waals surface area contributed by atoms with Gasteiger partial charge in [-0.05, 0) is 80.9 Å². The normalized spacial score (nSPS) is 13.9. The summed E-state index contributed by atoms with van der Waals surface area (Å²) in [5.41, 5.74) is 0.271. The molecule has 0 heterocycles. The second-order valence-electron chi connectivity index (χ2n) is 9.58. The molecule has 0 amide bonds. The Morgan fingerprint density at radius 2 is 1.00 bits per heavy atom. The van der Waals surface area contributed by atoms with Gasteiger partial charge in [0.15, 0.2) is 0 Å². The van der Waals surface area contributed by atoms with Crippen LogP contribution in [0.3, 0.4) is 0 Å². The summed E-state index contributed by atoms with van der Waals surface area (Å²) in [6.45, 7) is 20.5. The van der Waals surface area contributed by atoms with Crippen LogP contribution in [0.2, 0.25) is 0 Å². The van der Waals surface area contributed by atoms with Gasteiger partial charge in [0, 0.05) is 59.5 Å². The number of hydrogen-bond acceptors (Lipinski definition) is 10. The Hall–Kier alpha value is -1.34. The monoisotopic (exact) mass is 616 g/mol. The van der Waals surface area contributed by atoms with E-state index >= 15 is 0 Å². The van der Waals surface area contributed by atoms with Crippen molar-refractivity contribution in [1.29, 1.82) is 0 Å². The highest BCUT2D eigenvalue weighted by atomic mass is 16.9. The lowest BCUT2D eigenvalue weighted by atomic mass is 9.80. The third kappa shape index (κ3) is 7.91. The number of unbranched alkanes of at least 4 members (excludes halogenated alkanes) is 1. The number of benzene rings is 1. The minimum Gasteiger partial charge on any atom is -0.507 e. The van der Waals surface area contributed by atoms with E-state index in [0.717, 1.165) is 12.8 Å². The maximum Gasteiger partial charge on any atom is 0.290 e. The number of rotatable bonds is 26. The minimum atomic E-state index is -2.09. The molecule has 1 N–H and O–H groups in total. The molecule has 0 aliphatic rings. The second-order valence-corrected chi connectivity index (χ2v) is 9.58. The van der Waals surface area contributed by atoms with Gasteiger partial charge in [-0.25, -0.2) is 0 Å². The van der Waals surface area contributed by atoms with Crippen LogP contribution in [0.25, 0.3) is 0 Å². The topological polar surface area (TPSA) is 103 Å². The van der Waals surface area contributed by atoms with Gasteiger partial charge in [-0.1, -0.05) is 31.9 Å². The molecular formula is C33H60O10. The zero-order valence-corrected chi connectivity index (χ0v) is 28.5. The van der Waals surface area contributed by atoms with Gasteiger partial charge in [-0.15, -0.1) is 0 Å². The van der Waals surface area contributed by atoms with Crippen molar-refractivity contribution in [1.82, 2.24) is 0 Å². The average Bonchev–Trinajstić information content (AvgIpc) is 2.98. The summed E-state index contributed by atoms with van der Waals surface area (Å²) < 4.78 is 60.5. The van der Waals surface area contributed by atoms with Crippen LogP contribution in [0.5, 0.6) is 5.75 Å². The zero-order chi connectivity index (χ0) is 32.4. The molecule has 1 atom stereocenters. The standard InChI is InChI=1S/C33H60O10/c1-11-21-26-29(35-12-2)31(38-15-5,39-16-6)33(42-19-9,43-20-10)32(40-17-7,41-18-8)30(36-13-3,37-14-4)27-24-22-23-25-28(27)34/h22-25,29,34H,11-21,26H2,1-10H3. The molecule has 10 nitrogen and oxygen atoms in total. The maximum atomic E-state index is 11.4. The van der Waals surface area contributed by atoms with Crippen LogP contribution in [0, 0.1) is 0 Å². The van der Waals surface area contributed by atoms with Crippen molar-refractivity contribution in [2.45, 2.75) is 118 Å². The molecule has 1 unspecified atom stereocenters. The van der Waals surface area contributed by atoms with Crippen LogP contribution in [0.1, 0.15) is 94.1 Å². The van der Waals surface area contributed by atoms with Gasteiger partial charge in [-0.3, -0.25) is 0 Å². The molecule has 43 heavy (non-hydrogen) atoms. The van der Waals surface area contributed by atoms with Gasteiger partial charge in [0.1, 0.15) is 11.9 Å². The molecule has 10 heteroatoms. The van der Waals surface area contributed by atoms with Crippen LogP contribution in [-0.4, -0.2) is 88.0 Å². The van der Waals surface area contributed by atoms with Gasteiger partial charge in [0.2, 0.25) is 0 Å². The molecule has 1 aromatic rings. The second kappa shape index (κ2) is 19.9. The molecule has 0 aliphatic heterocycles. The van der Waals surface area contributed by atoms with Crippen molar-refractivity contribution in [3.8, 4) is 5.75 Å². The highest BCUT2D eigenvalue weighted by Crippen LogP contribution is 2.57. The molecule has 0 saturated carbocycles. The summed E-state index contributed by atoms with van der Waals surface area (Å²) in [7, 11) is 0. The van der Waals surface area contributed by atoms with Crippen molar-refractivity contribution in [2.24, 2.45) is 0 Å². The Morgan fingerprint density at radius 3 is 1.40 bits per heavy atom. The van der Waals surface area contributed by atoms with Crippen molar-refractivity contribution >= 4 is 0 Å². The number of aromatic hydroxyl groups is 1. The van der Waals surface area contributed by atoms with Gasteiger partial charge < -0.3 is 47.7 Å². The SMILES string of the molecule is CCCCC(OCC)C(OCC)(OCC)C(OCC)(OCC)C(OCC)(OCC)C(OCC)(OCC)c1ccccc1O. The molecule has 0 aliphatic carbocycles. The highest BCUT2D eigenvalue weighted by Gasteiger charge is 2.81. The van der Waals surface area contributed by atoms with Crippen molar-refractivity contribution in [3.63, 3.8) is 0 Å². The average molecular weight is 617 g/mol. The summed E-state index contributed by atoms with van der Waals surface area (Å²) in [6, 6.07) is 6.80. The number of phenolic OH excluding ortho intramolecular Hbond substituents is 1. The van der Waals surface area contributed by atoms with Gasteiger partial charge in [0.05, 0.1) is 5.56 Å². The lowest BCUT2D eigenvalue weighted by molar-refractivity contribution is -0.557. The van der Waals surface area contributed by atoms with Gasteiger partial charge >= 0.3 is 0 Å². The molecule has 0 saturated heterocycles. The number of phenols is 1. The van der Waals surface area contributed by atoms with E-state index in [1.807, 2.05) is 62.3 Å². The molecule has 1 aromatic carbocycles. The van der Waals surface area contributed by atoms with E-state index in [4.69, 9.17) is 42.6 Å². The Kier molecular flexibility index (Phi) is 18.4. The van der Waals surface area contributed by atoms with E-state index in [1.54, 1.807) is 24.3 Å². The smallest absolute Gasteiger partial charge is 0.290 e. The van der Waals surface area contributed by atoms with Crippen LogP contribution < -0.4 is 0 Å². The first-order chi connectivity index (χ1) is 20.8. The Morgan fingerprint density at radius 1 is 0.558 bits per heavy atom. The summed E-state index contributed by atoms with van der Waals surface area (Å²) in [6.07, 6.45) is 1.60. The molecule has 0 aromatic heterocycles. The fourth-order valence-electron chi connectivity index (χ4n) is 5.87. The van der Waals surface area contributed by atoms with Crippen molar-refractivity contribution in [3.05, 3.63) is 29.8 Å². The van der Waals surface area contributed by atoms with E-state index in [0.29, 0.717) is 13.0 Å². The van der Waals surface area contributed by atoms with Crippen LogP contribution >= 0.6 is 0 Å². The Bertz CT molecular complexity index is 840. The fraction of sp³-hybridized carbons (Fsp3) is 0.818. The zero-order valence-electron chi connectivity index (χ0n) is 28.5. The first-order valence-electron chi connectivity index (χ1n) is 16.3.